The molecule has 0 atom stereocenters. The van der Waals surface area contributed by atoms with Crippen molar-refractivity contribution in [3.05, 3.63) is 89.7 Å². The van der Waals surface area contributed by atoms with Crippen LogP contribution in [0.4, 0.5) is 11.4 Å². The van der Waals surface area contributed by atoms with Gasteiger partial charge in [0, 0.05) is 16.9 Å². The van der Waals surface area contributed by atoms with Gasteiger partial charge < -0.3 is 5.32 Å². The molecule has 0 saturated heterocycles. The van der Waals surface area contributed by atoms with E-state index in [1.807, 2.05) is 13.0 Å². The van der Waals surface area contributed by atoms with Crippen molar-refractivity contribution < 1.29 is 13.2 Å². The molecule has 0 bridgehead atoms. The zero-order valence-corrected chi connectivity index (χ0v) is 18.2. The zero-order chi connectivity index (χ0) is 22.7. The van der Waals surface area contributed by atoms with Gasteiger partial charge in [0.25, 0.3) is 15.9 Å². The number of rotatable bonds is 6. The Kier molecular flexibility index (Phi) is 5.69. The lowest BCUT2D eigenvalue weighted by atomic mass is 10.1. The molecule has 3 aromatic carbocycles. The molecule has 0 aliphatic carbocycles. The van der Waals surface area contributed by atoms with E-state index in [0.717, 1.165) is 11.1 Å². The molecule has 1 aromatic heterocycles. The average Bonchev–Trinajstić information content (AvgIpc) is 3.30. The second-order valence-electron chi connectivity index (χ2n) is 7.21. The molecule has 2 N–H and O–H groups in total. The minimum absolute atomic E-state index is 0.0438. The number of sulfonamides is 1. The lowest BCUT2D eigenvalue weighted by Gasteiger charge is -2.13. The number of tetrazole rings is 1. The molecule has 1 heterocycles. The van der Waals surface area contributed by atoms with Crippen molar-refractivity contribution >= 4 is 27.3 Å². The molecule has 0 radical (unpaired) electrons. The van der Waals surface area contributed by atoms with Crippen LogP contribution < -0.4 is 10.0 Å². The summed E-state index contributed by atoms with van der Waals surface area (Å²) in [6, 6.07) is 18.4. The summed E-state index contributed by atoms with van der Waals surface area (Å²) in [5.41, 5.74) is 3.53. The van der Waals surface area contributed by atoms with Crippen LogP contribution in [0.15, 0.2) is 78.0 Å². The van der Waals surface area contributed by atoms with Crippen LogP contribution in [0.3, 0.4) is 0 Å². The van der Waals surface area contributed by atoms with Crippen molar-refractivity contribution in [1.82, 2.24) is 20.2 Å². The summed E-state index contributed by atoms with van der Waals surface area (Å²) in [7, 11) is -3.83. The fourth-order valence-corrected chi connectivity index (χ4v) is 4.16. The summed E-state index contributed by atoms with van der Waals surface area (Å²) in [5.74, 6) is -0.385. The van der Waals surface area contributed by atoms with Crippen LogP contribution in [0, 0.1) is 13.8 Å². The lowest BCUT2D eigenvalue weighted by molar-refractivity contribution is 0.102. The monoisotopic (exact) mass is 448 g/mol. The number of anilines is 2. The van der Waals surface area contributed by atoms with Crippen LogP contribution in [0.1, 0.15) is 21.5 Å². The van der Waals surface area contributed by atoms with Crippen LogP contribution in [-0.4, -0.2) is 34.5 Å². The normalized spacial score (nSPS) is 11.2. The molecule has 0 aliphatic heterocycles. The smallest absolute Gasteiger partial charge is 0.261 e. The van der Waals surface area contributed by atoms with Crippen molar-refractivity contribution in [1.29, 1.82) is 0 Å². The predicted molar refractivity (Wildman–Crippen MR) is 120 cm³/mol. The number of carbonyl (C=O) groups is 1. The molecule has 4 aromatic rings. The van der Waals surface area contributed by atoms with Crippen molar-refractivity contribution in [2.75, 3.05) is 10.0 Å². The molecule has 10 heteroatoms. The third kappa shape index (κ3) is 4.65. The predicted octanol–water partition coefficient (Wildman–Crippen LogP) is 3.33. The van der Waals surface area contributed by atoms with E-state index in [9.17, 15) is 13.2 Å². The topological polar surface area (TPSA) is 119 Å². The number of hydrogen-bond donors (Lipinski definition) is 2. The third-order valence-electron chi connectivity index (χ3n) is 4.76. The number of aromatic nitrogens is 4. The van der Waals surface area contributed by atoms with Gasteiger partial charge in [0.15, 0.2) is 0 Å². The molecule has 0 saturated carbocycles. The molecule has 32 heavy (non-hydrogen) atoms. The molecular weight excluding hydrogens is 428 g/mol. The SMILES string of the molecule is Cc1cccc(NS(=O)(=O)c2ccc(C)c(NC(=O)c3cccc(-n4cnnn4)c3)c2)c1. The maximum absolute atomic E-state index is 12.9. The molecule has 4 rings (SSSR count). The Balaban J connectivity index is 1.58. The van der Waals surface area contributed by atoms with Gasteiger partial charge >= 0.3 is 0 Å². The van der Waals surface area contributed by atoms with Crippen LogP contribution in [0.2, 0.25) is 0 Å². The number of benzene rings is 3. The van der Waals surface area contributed by atoms with Gasteiger partial charge in [-0.15, -0.1) is 5.10 Å². The Hall–Kier alpha value is -4.05. The van der Waals surface area contributed by atoms with Crippen LogP contribution >= 0.6 is 0 Å². The molecule has 0 aliphatic rings. The van der Waals surface area contributed by atoms with Gasteiger partial charge in [-0.05, 0) is 77.9 Å². The Morgan fingerprint density at radius 3 is 2.53 bits per heavy atom. The molecule has 162 valence electrons. The lowest BCUT2D eigenvalue weighted by Crippen LogP contribution is -2.16. The van der Waals surface area contributed by atoms with E-state index in [1.54, 1.807) is 55.5 Å². The highest BCUT2D eigenvalue weighted by Gasteiger charge is 2.17. The average molecular weight is 449 g/mol. The van der Waals surface area contributed by atoms with Crippen LogP contribution in [0.25, 0.3) is 5.69 Å². The van der Waals surface area contributed by atoms with E-state index in [1.165, 1.54) is 23.1 Å². The number of nitrogens with zero attached hydrogens (tertiary/aromatic N) is 4. The first kappa shape index (κ1) is 21.2. The van der Waals surface area contributed by atoms with Gasteiger partial charge in [0.2, 0.25) is 0 Å². The van der Waals surface area contributed by atoms with Gasteiger partial charge in [-0.3, -0.25) is 9.52 Å². The molecule has 0 unspecified atom stereocenters. The zero-order valence-electron chi connectivity index (χ0n) is 17.4. The van der Waals surface area contributed by atoms with Crippen molar-refractivity contribution in [2.24, 2.45) is 0 Å². The number of hydrogen-bond acceptors (Lipinski definition) is 6. The maximum atomic E-state index is 12.9. The summed E-state index contributed by atoms with van der Waals surface area (Å²) in [4.78, 5) is 12.9. The van der Waals surface area contributed by atoms with E-state index in [-0.39, 0.29) is 10.8 Å². The Labute approximate surface area is 185 Å². The fourth-order valence-electron chi connectivity index (χ4n) is 3.09. The van der Waals surface area contributed by atoms with Gasteiger partial charge in [-0.2, -0.15) is 0 Å². The first-order valence-corrected chi connectivity index (χ1v) is 11.1. The highest BCUT2D eigenvalue weighted by Crippen LogP contribution is 2.23. The third-order valence-corrected chi connectivity index (χ3v) is 6.14. The largest absolute Gasteiger partial charge is 0.322 e. The summed E-state index contributed by atoms with van der Waals surface area (Å²) >= 11 is 0. The first-order valence-electron chi connectivity index (χ1n) is 9.67. The number of nitrogens with one attached hydrogen (secondary N) is 2. The Morgan fingerprint density at radius 1 is 0.969 bits per heavy atom. The molecule has 0 fully saturated rings. The first-order chi connectivity index (χ1) is 15.3. The highest BCUT2D eigenvalue weighted by atomic mass is 32.2. The second kappa shape index (κ2) is 8.60. The highest BCUT2D eigenvalue weighted by molar-refractivity contribution is 7.92. The number of aryl methyl sites for hydroxylation is 2. The van der Waals surface area contributed by atoms with Gasteiger partial charge in [-0.25, -0.2) is 13.1 Å². The quantitative estimate of drug-likeness (QED) is 0.467. The van der Waals surface area contributed by atoms with Crippen LogP contribution in [-0.2, 0) is 10.0 Å². The van der Waals surface area contributed by atoms with E-state index in [0.29, 0.717) is 22.6 Å². The maximum Gasteiger partial charge on any atom is 0.261 e. The van der Waals surface area contributed by atoms with E-state index < -0.39 is 10.0 Å². The summed E-state index contributed by atoms with van der Waals surface area (Å²) in [5, 5.41) is 13.8. The summed E-state index contributed by atoms with van der Waals surface area (Å²) in [6.07, 6.45) is 1.43. The minimum atomic E-state index is -3.83. The van der Waals surface area contributed by atoms with Crippen LogP contribution in [0.5, 0.6) is 0 Å². The molecule has 1 amide bonds. The molecule has 0 spiro atoms. The second-order valence-corrected chi connectivity index (χ2v) is 8.89. The number of carbonyl (C=O) groups excluding carboxylic acids is 1. The Bertz CT molecular complexity index is 1380. The van der Waals surface area contributed by atoms with Gasteiger partial charge in [0.05, 0.1) is 10.6 Å². The summed E-state index contributed by atoms with van der Waals surface area (Å²) < 4.78 is 29.7. The van der Waals surface area contributed by atoms with E-state index in [2.05, 4.69) is 25.6 Å². The molecular formula is C22H20N6O3S. The van der Waals surface area contributed by atoms with E-state index >= 15 is 0 Å². The Morgan fingerprint density at radius 2 is 1.78 bits per heavy atom. The standard InChI is InChI=1S/C22H20N6O3S/c1-15-5-3-7-18(11-15)25-32(30,31)20-10-9-16(2)21(13-20)24-22(29)17-6-4-8-19(12-17)28-14-23-26-27-28/h3-14,25H,1-2H3,(H,24,29). The van der Waals surface area contributed by atoms with E-state index in [4.69, 9.17) is 0 Å². The van der Waals surface area contributed by atoms with Gasteiger partial charge in [0.1, 0.15) is 6.33 Å². The van der Waals surface area contributed by atoms with Crippen molar-refractivity contribution in [3.8, 4) is 5.69 Å². The van der Waals surface area contributed by atoms with Crippen molar-refractivity contribution in [2.45, 2.75) is 18.7 Å². The summed E-state index contributed by atoms with van der Waals surface area (Å²) in [6.45, 7) is 3.67. The van der Waals surface area contributed by atoms with Crippen molar-refractivity contribution in [3.63, 3.8) is 0 Å². The molecule has 9 nitrogen and oxygen atoms in total. The minimum Gasteiger partial charge on any atom is -0.322 e. The van der Waals surface area contributed by atoms with Gasteiger partial charge in [-0.1, -0.05) is 24.3 Å². The number of amides is 1. The fraction of sp³-hybridized carbons (Fsp3) is 0.0909.